The predicted molar refractivity (Wildman–Crippen MR) is 106 cm³/mol. The number of amides is 1. The lowest BCUT2D eigenvalue weighted by Crippen LogP contribution is -2.25. The third-order valence-electron chi connectivity index (χ3n) is 4.54. The fraction of sp³-hybridized carbons (Fsp3) is 0.350. The number of aromatic nitrogens is 3. The summed E-state index contributed by atoms with van der Waals surface area (Å²) < 4.78 is 1.90. The van der Waals surface area contributed by atoms with Crippen LogP contribution >= 0.6 is 0 Å². The van der Waals surface area contributed by atoms with Crippen LogP contribution in [0.3, 0.4) is 0 Å². The van der Waals surface area contributed by atoms with Crippen molar-refractivity contribution in [1.29, 1.82) is 0 Å². The highest BCUT2D eigenvalue weighted by molar-refractivity contribution is 5.93. The Kier molecular flexibility index (Phi) is 4.89. The van der Waals surface area contributed by atoms with Crippen molar-refractivity contribution in [2.75, 3.05) is 19.4 Å². The largest absolute Gasteiger partial charge is 0.386 e. The average molecular weight is 367 g/mol. The number of likely N-dealkylation sites (N-methyl/N-ethyl adjacent to an activating group) is 1. The van der Waals surface area contributed by atoms with Gasteiger partial charge < -0.3 is 19.9 Å². The fourth-order valence-electron chi connectivity index (χ4n) is 2.96. The molecule has 7 nitrogen and oxygen atoms in total. The second-order valence-corrected chi connectivity index (χ2v) is 7.39. The minimum absolute atomic E-state index is 0.0214. The van der Waals surface area contributed by atoms with E-state index in [0.29, 0.717) is 11.4 Å². The maximum Gasteiger partial charge on any atom is 0.241 e. The van der Waals surface area contributed by atoms with Gasteiger partial charge in [-0.05, 0) is 38.5 Å². The molecule has 0 saturated heterocycles. The zero-order chi connectivity index (χ0) is 19.8. The maximum atomic E-state index is 12.1. The van der Waals surface area contributed by atoms with E-state index in [-0.39, 0.29) is 12.5 Å². The SMILES string of the molecule is Cc1cncc(C(C)(C)O)c1Nc1nccc2c1ccn2CC(=O)N(C)C. The number of nitrogens with zero attached hydrogens (tertiary/aromatic N) is 4. The number of carbonyl (C=O) groups is 1. The average Bonchev–Trinajstić information content (AvgIpc) is 2.99. The molecule has 0 unspecified atom stereocenters. The van der Waals surface area contributed by atoms with E-state index in [0.717, 1.165) is 22.2 Å². The lowest BCUT2D eigenvalue weighted by atomic mass is 9.96. The zero-order valence-electron chi connectivity index (χ0n) is 16.3. The lowest BCUT2D eigenvalue weighted by molar-refractivity contribution is -0.129. The van der Waals surface area contributed by atoms with E-state index < -0.39 is 5.60 Å². The molecule has 7 heteroatoms. The van der Waals surface area contributed by atoms with Gasteiger partial charge >= 0.3 is 0 Å². The first kappa shape index (κ1) is 18.8. The zero-order valence-corrected chi connectivity index (χ0v) is 16.3. The Morgan fingerprint density at radius 2 is 2.04 bits per heavy atom. The molecule has 0 radical (unpaired) electrons. The highest BCUT2D eigenvalue weighted by Gasteiger charge is 2.22. The smallest absolute Gasteiger partial charge is 0.241 e. The monoisotopic (exact) mass is 367 g/mol. The van der Waals surface area contributed by atoms with E-state index in [1.54, 1.807) is 51.4 Å². The van der Waals surface area contributed by atoms with Crippen molar-refractivity contribution < 1.29 is 9.90 Å². The first-order valence-corrected chi connectivity index (χ1v) is 8.77. The number of nitrogens with one attached hydrogen (secondary N) is 1. The van der Waals surface area contributed by atoms with Crippen molar-refractivity contribution in [2.45, 2.75) is 32.9 Å². The number of anilines is 2. The van der Waals surface area contributed by atoms with Gasteiger partial charge in [0.05, 0.1) is 16.8 Å². The van der Waals surface area contributed by atoms with Crippen LogP contribution in [0, 0.1) is 6.92 Å². The number of hydrogen-bond donors (Lipinski definition) is 2. The molecular weight excluding hydrogens is 342 g/mol. The Bertz CT molecular complexity index is 986. The molecule has 142 valence electrons. The van der Waals surface area contributed by atoms with Crippen molar-refractivity contribution in [3.8, 4) is 0 Å². The van der Waals surface area contributed by atoms with Crippen LogP contribution in [0.2, 0.25) is 0 Å². The van der Waals surface area contributed by atoms with Gasteiger partial charge in [0.15, 0.2) is 0 Å². The third kappa shape index (κ3) is 3.78. The van der Waals surface area contributed by atoms with Gasteiger partial charge in [0.2, 0.25) is 5.91 Å². The molecule has 0 aliphatic rings. The summed E-state index contributed by atoms with van der Waals surface area (Å²) in [7, 11) is 3.49. The standard InChI is InChI=1S/C20H25N5O2/c1-13-10-21-11-15(20(2,3)27)18(13)23-19-14-7-9-25(12-17(26)24(4)5)16(14)6-8-22-19/h6-11,27H,12H2,1-5H3,(H,21,22,23). The van der Waals surface area contributed by atoms with Crippen LogP contribution in [0.5, 0.6) is 0 Å². The molecule has 3 heterocycles. The van der Waals surface area contributed by atoms with Gasteiger partial charge in [-0.15, -0.1) is 0 Å². The second kappa shape index (κ2) is 7.00. The van der Waals surface area contributed by atoms with E-state index in [1.165, 1.54) is 0 Å². The van der Waals surface area contributed by atoms with Crippen LogP contribution in [0.25, 0.3) is 10.9 Å². The molecular formula is C20H25N5O2. The summed E-state index contributed by atoms with van der Waals surface area (Å²) in [6.45, 7) is 5.66. The normalized spacial score (nSPS) is 11.6. The number of aryl methyl sites for hydroxylation is 1. The highest BCUT2D eigenvalue weighted by atomic mass is 16.3. The minimum Gasteiger partial charge on any atom is -0.386 e. The Hall–Kier alpha value is -2.93. The molecule has 0 bridgehead atoms. The molecule has 0 fully saturated rings. The molecule has 0 aliphatic carbocycles. The van der Waals surface area contributed by atoms with Crippen molar-refractivity contribution >= 4 is 28.3 Å². The van der Waals surface area contributed by atoms with Gasteiger partial charge in [-0.1, -0.05) is 0 Å². The second-order valence-electron chi connectivity index (χ2n) is 7.39. The van der Waals surface area contributed by atoms with Gasteiger partial charge in [0.1, 0.15) is 12.4 Å². The number of rotatable bonds is 5. The highest BCUT2D eigenvalue weighted by Crippen LogP contribution is 2.33. The number of fused-ring (bicyclic) bond motifs is 1. The van der Waals surface area contributed by atoms with Crippen LogP contribution in [-0.2, 0) is 16.9 Å². The molecule has 27 heavy (non-hydrogen) atoms. The molecule has 1 amide bonds. The molecule has 0 atom stereocenters. The van der Waals surface area contributed by atoms with Crippen molar-refractivity contribution in [2.24, 2.45) is 0 Å². The van der Waals surface area contributed by atoms with Gasteiger partial charge in [-0.25, -0.2) is 4.98 Å². The molecule has 0 spiro atoms. The first-order chi connectivity index (χ1) is 12.7. The van der Waals surface area contributed by atoms with E-state index in [2.05, 4.69) is 15.3 Å². The molecule has 3 aromatic heterocycles. The summed E-state index contributed by atoms with van der Waals surface area (Å²) in [6.07, 6.45) is 7.01. The van der Waals surface area contributed by atoms with E-state index in [4.69, 9.17) is 0 Å². The topological polar surface area (TPSA) is 83.3 Å². The summed E-state index contributed by atoms with van der Waals surface area (Å²) >= 11 is 0. The molecule has 3 aromatic rings. The maximum absolute atomic E-state index is 12.1. The van der Waals surface area contributed by atoms with Gasteiger partial charge in [-0.3, -0.25) is 9.78 Å². The van der Waals surface area contributed by atoms with Gasteiger partial charge in [0, 0.05) is 49.8 Å². The van der Waals surface area contributed by atoms with Crippen LogP contribution in [-0.4, -0.2) is 44.5 Å². The number of hydrogen-bond acceptors (Lipinski definition) is 5. The Labute approximate surface area is 158 Å². The van der Waals surface area contributed by atoms with E-state index >= 15 is 0 Å². The molecule has 2 N–H and O–H groups in total. The Balaban J connectivity index is 2.03. The summed E-state index contributed by atoms with van der Waals surface area (Å²) in [4.78, 5) is 22.3. The Morgan fingerprint density at radius 1 is 1.30 bits per heavy atom. The molecule has 0 aliphatic heterocycles. The van der Waals surface area contributed by atoms with Crippen LogP contribution in [0.4, 0.5) is 11.5 Å². The molecule has 0 aromatic carbocycles. The quantitative estimate of drug-likeness (QED) is 0.724. The first-order valence-electron chi connectivity index (χ1n) is 8.77. The summed E-state index contributed by atoms with van der Waals surface area (Å²) in [6, 6.07) is 3.83. The summed E-state index contributed by atoms with van der Waals surface area (Å²) in [5.41, 5.74) is 2.27. The lowest BCUT2D eigenvalue weighted by Gasteiger charge is -2.23. The number of carbonyl (C=O) groups excluding carboxylic acids is 1. The molecule has 3 rings (SSSR count). The van der Waals surface area contributed by atoms with Crippen LogP contribution in [0.1, 0.15) is 25.0 Å². The van der Waals surface area contributed by atoms with Gasteiger partial charge in [-0.2, -0.15) is 0 Å². The van der Waals surface area contributed by atoms with Crippen LogP contribution < -0.4 is 5.32 Å². The van der Waals surface area contributed by atoms with E-state index in [1.807, 2.05) is 29.8 Å². The van der Waals surface area contributed by atoms with Crippen LogP contribution in [0.15, 0.2) is 36.9 Å². The fourth-order valence-corrected chi connectivity index (χ4v) is 2.96. The third-order valence-corrected chi connectivity index (χ3v) is 4.54. The van der Waals surface area contributed by atoms with E-state index in [9.17, 15) is 9.90 Å². The van der Waals surface area contributed by atoms with Gasteiger partial charge in [0.25, 0.3) is 0 Å². The minimum atomic E-state index is -1.04. The summed E-state index contributed by atoms with van der Waals surface area (Å²) in [5.74, 6) is 0.691. The van der Waals surface area contributed by atoms with Crippen molar-refractivity contribution in [3.63, 3.8) is 0 Å². The predicted octanol–water partition coefficient (Wildman–Crippen LogP) is 2.80. The summed E-state index contributed by atoms with van der Waals surface area (Å²) in [5, 5.41) is 14.8. The molecule has 0 saturated carbocycles. The number of aliphatic hydroxyl groups is 1. The van der Waals surface area contributed by atoms with Crippen molar-refractivity contribution in [3.05, 3.63) is 48.0 Å². The Morgan fingerprint density at radius 3 is 2.70 bits per heavy atom. The van der Waals surface area contributed by atoms with Crippen molar-refractivity contribution in [1.82, 2.24) is 19.4 Å². The number of pyridine rings is 2.